The van der Waals surface area contributed by atoms with Crippen molar-refractivity contribution >= 4 is 41.3 Å². The highest BCUT2D eigenvalue weighted by Crippen LogP contribution is 2.33. The van der Waals surface area contributed by atoms with E-state index in [0.29, 0.717) is 5.69 Å². The van der Waals surface area contributed by atoms with Crippen molar-refractivity contribution in [1.29, 1.82) is 0 Å². The quantitative estimate of drug-likeness (QED) is 0.515. The molecule has 0 saturated heterocycles. The highest BCUT2D eigenvalue weighted by atomic mass is 35.5. The summed E-state index contributed by atoms with van der Waals surface area (Å²) < 4.78 is 0. The van der Waals surface area contributed by atoms with Crippen molar-refractivity contribution in [3.63, 3.8) is 0 Å². The highest BCUT2D eigenvalue weighted by molar-refractivity contribution is 6.37. The number of hydrogen-bond donors (Lipinski definition) is 2. The molecule has 2 nitrogen and oxygen atoms in total. The van der Waals surface area contributed by atoms with Gasteiger partial charge in [-0.2, -0.15) is 0 Å². The Labute approximate surface area is 80.3 Å². The fourth-order valence-electron chi connectivity index (χ4n) is 0.585. The highest BCUT2D eigenvalue weighted by Gasteiger charge is 2.03. The minimum atomic E-state index is -0.127. The molecule has 5 heteroatoms. The minimum Gasteiger partial charge on any atom is -0.505 e. The van der Waals surface area contributed by atoms with E-state index in [1.54, 1.807) is 0 Å². The summed E-state index contributed by atoms with van der Waals surface area (Å²) in [7, 11) is 0. The van der Waals surface area contributed by atoms with Gasteiger partial charge in [0.05, 0.1) is 10.0 Å². The van der Waals surface area contributed by atoms with Crippen LogP contribution in [0.4, 0.5) is 5.69 Å². The fourth-order valence-corrected chi connectivity index (χ4v) is 1.09. The van der Waals surface area contributed by atoms with E-state index in [4.69, 9.17) is 34.0 Å². The molecule has 0 atom stereocenters. The van der Waals surface area contributed by atoms with E-state index >= 15 is 0 Å². The smallest absolute Gasteiger partial charge is 0.152 e. The SMILES string of the molecule is Cl.Nc1cc(Cl)c(O)c(Cl)c1. The van der Waals surface area contributed by atoms with Gasteiger partial charge in [0.2, 0.25) is 0 Å². The molecule has 0 heterocycles. The molecule has 0 saturated carbocycles. The van der Waals surface area contributed by atoms with E-state index in [1.165, 1.54) is 12.1 Å². The van der Waals surface area contributed by atoms with Gasteiger partial charge in [-0.05, 0) is 12.1 Å². The van der Waals surface area contributed by atoms with Crippen molar-refractivity contribution in [3.05, 3.63) is 22.2 Å². The molecule has 0 fully saturated rings. The molecule has 1 aromatic rings. The number of nitrogens with two attached hydrogens (primary N) is 1. The van der Waals surface area contributed by atoms with Crippen molar-refractivity contribution in [1.82, 2.24) is 0 Å². The van der Waals surface area contributed by atoms with Crippen LogP contribution >= 0.6 is 35.6 Å². The van der Waals surface area contributed by atoms with E-state index in [9.17, 15) is 0 Å². The molecule has 0 aromatic heterocycles. The molecule has 0 aliphatic heterocycles. The largest absolute Gasteiger partial charge is 0.505 e. The first kappa shape index (κ1) is 10.7. The molecule has 0 aliphatic carbocycles. The van der Waals surface area contributed by atoms with Crippen molar-refractivity contribution in [2.75, 3.05) is 5.73 Å². The lowest BCUT2D eigenvalue weighted by atomic mass is 10.3. The summed E-state index contributed by atoms with van der Waals surface area (Å²) in [6.07, 6.45) is 0. The predicted molar refractivity (Wildman–Crippen MR) is 49.8 cm³/mol. The number of halogens is 3. The van der Waals surface area contributed by atoms with Crippen molar-refractivity contribution in [2.45, 2.75) is 0 Å². The van der Waals surface area contributed by atoms with Gasteiger partial charge in [0.1, 0.15) is 0 Å². The van der Waals surface area contributed by atoms with Crippen LogP contribution in [0.2, 0.25) is 10.0 Å². The number of hydrogen-bond acceptors (Lipinski definition) is 2. The van der Waals surface area contributed by atoms with Crippen molar-refractivity contribution in [2.24, 2.45) is 0 Å². The molecule has 0 spiro atoms. The number of phenols is 1. The van der Waals surface area contributed by atoms with Crippen LogP contribution in [-0.4, -0.2) is 5.11 Å². The lowest BCUT2D eigenvalue weighted by Gasteiger charge is -1.99. The second-order valence-corrected chi connectivity index (χ2v) is 2.65. The van der Waals surface area contributed by atoms with Gasteiger partial charge in [0.15, 0.2) is 5.75 Å². The molecular weight excluding hydrogens is 208 g/mol. The molecule has 62 valence electrons. The average molecular weight is 214 g/mol. The normalized spacial score (nSPS) is 8.91. The zero-order valence-corrected chi connectivity index (χ0v) is 7.67. The molecule has 0 aliphatic rings. The van der Waals surface area contributed by atoms with Gasteiger partial charge in [-0.25, -0.2) is 0 Å². The fraction of sp³-hybridized carbons (Fsp3) is 0. The van der Waals surface area contributed by atoms with Gasteiger partial charge < -0.3 is 10.8 Å². The Morgan fingerprint density at radius 3 is 1.91 bits per heavy atom. The van der Waals surface area contributed by atoms with Crippen LogP contribution in [0.25, 0.3) is 0 Å². The van der Waals surface area contributed by atoms with Crippen LogP contribution in [0.3, 0.4) is 0 Å². The van der Waals surface area contributed by atoms with Crippen LogP contribution in [-0.2, 0) is 0 Å². The van der Waals surface area contributed by atoms with Gasteiger partial charge >= 0.3 is 0 Å². The Kier molecular flexibility index (Phi) is 3.79. The Morgan fingerprint density at radius 2 is 1.55 bits per heavy atom. The number of anilines is 1. The molecule has 3 N–H and O–H groups in total. The summed E-state index contributed by atoms with van der Waals surface area (Å²) in [5, 5.41) is 9.35. The number of aromatic hydroxyl groups is 1. The van der Waals surface area contributed by atoms with E-state index in [2.05, 4.69) is 0 Å². The van der Waals surface area contributed by atoms with Gasteiger partial charge in [0, 0.05) is 5.69 Å². The Morgan fingerprint density at radius 1 is 1.18 bits per heavy atom. The Bertz CT molecular complexity index is 241. The molecule has 0 amide bonds. The summed E-state index contributed by atoms with van der Waals surface area (Å²) >= 11 is 11.0. The number of rotatable bonds is 0. The predicted octanol–water partition coefficient (Wildman–Crippen LogP) is 2.70. The number of benzene rings is 1. The molecule has 1 rings (SSSR count). The summed E-state index contributed by atoms with van der Waals surface area (Å²) in [6, 6.07) is 2.87. The number of nitrogen functional groups attached to an aromatic ring is 1. The van der Waals surface area contributed by atoms with E-state index in [-0.39, 0.29) is 28.2 Å². The second kappa shape index (κ2) is 3.90. The lowest BCUT2D eigenvalue weighted by molar-refractivity contribution is 0.476. The molecule has 11 heavy (non-hydrogen) atoms. The maximum Gasteiger partial charge on any atom is 0.152 e. The van der Waals surface area contributed by atoms with Crippen molar-refractivity contribution in [3.8, 4) is 5.75 Å². The van der Waals surface area contributed by atoms with E-state index in [1.807, 2.05) is 0 Å². The third-order valence-corrected chi connectivity index (χ3v) is 1.62. The van der Waals surface area contributed by atoms with Gasteiger partial charge in [0.25, 0.3) is 0 Å². The molecule has 0 unspecified atom stereocenters. The third-order valence-electron chi connectivity index (χ3n) is 1.04. The summed E-state index contributed by atoms with van der Waals surface area (Å²) in [5.74, 6) is -0.127. The van der Waals surface area contributed by atoms with Crippen LogP contribution in [0.1, 0.15) is 0 Å². The Hall–Kier alpha value is -0.310. The standard InChI is InChI=1S/C6H5Cl2NO.ClH/c7-4-1-3(9)2-5(8)6(4)10;/h1-2,10H,9H2;1H. The lowest BCUT2D eigenvalue weighted by Crippen LogP contribution is -1.83. The Balaban J connectivity index is 0.000001000. The zero-order chi connectivity index (χ0) is 7.72. The van der Waals surface area contributed by atoms with Crippen LogP contribution in [0.15, 0.2) is 12.1 Å². The van der Waals surface area contributed by atoms with Crippen LogP contribution in [0.5, 0.6) is 5.75 Å². The minimum absolute atomic E-state index is 0. The maximum atomic E-state index is 9.01. The zero-order valence-electron chi connectivity index (χ0n) is 5.34. The third kappa shape index (κ3) is 2.33. The van der Waals surface area contributed by atoms with Crippen LogP contribution in [0, 0.1) is 0 Å². The van der Waals surface area contributed by atoms with E-state index in [0.717, 1.165) is 0 Å². The van der Waals surface area contributed by atoms with Gasteiger partial charge in [-0.1, -0.05) is 23.2 Å². The first-order valence-corrected chi connectivity index (χ1v) is 3.30. The molecule has 1 aromatic carbocycles. The van der Waals surface area contributed by atoms with Gasteiger partial charge in [-0.15, -0.1) is 12.4 Å². The molecule has 0 radical (unpaired) electrons. The number of phenolic OH excluding ortho intramolecular Hbond substituents is 1. The van der Waals surface area contributed by atoms with Crippen molar-refractivity contribution < 1.29 is 5.11 Å². The maximum absolute atomic E-state index is 9.01. The van der Waals surface area contributed by atoms with E-state index < -0.39 is 0 Å². The summed E-state index contributed by atoms with van der Waals surface area (Å²) in [4.78, 5) is 0. The molecular formula is C6H6Cl3NO. The molecule has 0 bridgehead atoms. The first-order valence-electron chi connectivity index (χ1n) is 2.54. The topological polar surface area (TPSA) is 46.2 Å². The monoisotopic (exact) mass is 213 g/mol. The summed E-state index contributed by atoms with van der Waals surface area (Å²) in [5.41, 5.74) is 5.79. The average Bonchev–Trinajstić information content (AvgIpc) is 1.82. The summed E-state index contributed by atoms with van der Waals surface area (Å²) in [6.45, 7) is 0. The first-order chi connectivity index (χ1) is 4.61. The second-order valence-electron chi connectivity index (χ2n) is 1.83. The van der Waals surface area contributed by atoms with Gasteiger partial charge in [-0.3, -0.25) is 0 Å². The van der Waals surface area contributed by atoms with Crippen LogP contribution < -0.4 is 5.73 Å².